The summed E-state index contributed by atoms with van der Waals surface area (Å²) in [5, 5.41) is 4.28. The first-order valence-electron chi connectivity index (χ1n) is 12.6. The maximum Gasteiger partial charge on any atom is 0.143 e. The first-order valence-corrected chi connectivity index (χ1v) is 12.6. The third kappa shape index (κ3) is 3.17. The van der Waals surface area contributed by atoms with Gasteiger partial charge in [0.05, 0.1) is 0 Å². The highest BCUT2D eigenvalue weighted by molar-refractivity contribution is 6.13. The normalized spacial score (nSPS) is 11.7. The molecule has 0 N–H and O–H groups in total. The average molecular weight is 489 g/mol. The summed E-state index contributed by atoms with van der Waals surface area (Å²) in [6.07, 6.45) is 7.28. The van der Waals surface area contributed by atoms with Crippen molar-refractivity contribution in [2.45, 2.75) is 0 Å². The Morgan fingerprint density at radius 1 is 0.421 bits per heavy atom. The molecule has 8 rings (SSSR count). The molecule has 178 valence electrons. The van der Waals surface area contributed by atoms with Crippen molar-refractivity contribution in [3.8, 4) is 33.4 Å². The third-order valence-corrected chi connectivity index (χ3v) is 7.30. The summed E-state index contributed by atoms with van der Waals surface area (Å²) in [6.45, 7) is 0. The number of aromatic nitrogens is 2. The van der Waals surface area contributed by atoms with Gasteiger partial charge in [0.2, 0.25) is 0 Å². The second-order valence-electron chi connectivity index (χ2n) is 9.47. The smallest absolute Gasteiger partial charge is 0.143 e. The van der Waals surface area contributed by atoms with Gasteiger partial charge in [-0.25, -0.2) is 0 Å². The second-order valence-corrected chi connectivity index (χ2v) is 9.47. The van der Waals surface area contributed by atoms with Crippen LogP contribution in [0.2, 0.25) is 0 Å². The van der Waals surface area contributed by atoms with E-state index in [1.54, 1.807) is 12.4 Å². The average Bonchev–Trinajstić information content (AvgIpc) is 3.56. The van der Waals surface area contributed by atoms with Gasteiger partial charge in [0, 0.05) is 57.5 Å². The lowest BCUT2D eigenvalue weighted by atomic mass is 9.98. The number of hydrogen-bond acceptors (Lipinski definition) is 4. The number of furan rings is 2. The van der Waals surface area contributed by atoms with E-state index in [4.69, 9.17) is 8.83 Å². The van der Waals surface area contributed by atoms with Crippen LogP contribution in [-0.4, -0.2) is 9.97 Å². The molecule has 0 aliphatic rings. The Morgan fingerprint density at radius 2 is 1.13 bits per heavy atom. The fourth-order valence-electron chi connectivity index (χ4n) is 5.44. The molecule has 0 fully saturated rings. The van der Waals surface area contributed by atoms with Crippen LogP contribution in [0, 0.1) is 0 Å². The van der Waals surface area contributed by atoms with E-state index in [0.29, 0.717) is 0 Å². The van der Waals surface area contributed by atoms with E-state index in [9.17, 15) is 0 Å². The summed E-state index contributed by atoms with van der Waals surface area (Å²) in [7, 11) is 0. The summed E-state index contributed by atoms with van der Waals surface area (Å²) >= 11 is 0. The lowest BCUT2D eigenvalue weighted by molar-refractivity contribution is 0.668. The van der Waals surface area contributed by atoms with Crippen LogP contribution < -0.4 is 0 Å². The van der Waals surface area contributed by atoms with Crippen LogP contribution in [0.3, 0.4) is 0 Å². The number of pyridine rings is 2. The molecule has 8 aromatic rings. The van der Waals surface area contributed by atoms with Crippen molar-refractivity contribution in [2.75, 3.05) is 0 Å². The van der Waals surface area contributed by atoms with Gasteiger partial charge in [0.25, 0.3) is 0 Å². The second kappa shape index (κ2) is 8.15. The lowest BCUT2D eigenvalue weighted by Crippen LogP contribution is -1.82. The molecule has 4 aromatic heterocycles. The van der Waals surface area contributed by atoms with Gasteiger partial charge < -0.3 is 8.83 Å². The molecule has 0 aliphatic carbocycles. The Labute approximate surface area is 217 Å². The van der Waals surface area contributed by atoms with Crippen LogP contribution in [0.15, 0.2) is 131 Å². The SMILES string of the molecule is c1cncc(-c2ccc(-c3cccc4c3oc3c(-c5ccc6c(c5)oc5ccncc56)cccc34)cc2)c1. The van der Waals surface area contributed by atoms with Crippen LogP contribution in [0.4, 0.5) is 0 Å². The van der Waals surface area contributed by atoms with Crippen LogP contribution in [0.25, 0.3) is 77.3 Å². The maximum absolute atomic E-state index is 6.66. The van der Waals surface area contributed by atoms with Crippen molar-refractivity contribution in [2.24, 2.45) is 0 Å². The molecule has 4 aromatic carbocycles. The molecular formula is C34H20N2O2. The Bertz CT molecular complexity index is 2120. The van der Waals surface area contributed by atoms with Crippen molar-refractivity contribution < 1.29 is 8.83 Å². The van der Waals surface area contributed by atoms with Crippen molar-refractivity contribution >= 4 is 43.9 Å². The van der Waals surface area contributed by atoms with Gasteiger partial charge in [0.15, 0.2) is 0 Å². The third-order valence-electron chi connectivity index (χ3n) is 7.30. The van der Waals surface area contributed by atoms with Gasteiger partial charge in [-0.3, -0.25) is 9.97 Å². The molecule has 0 bridgehead atoms. The Morgan fingerprint density at radius 3 is 1.89 bits per heavy atom. The van der Waals surface area contributed by atoms with Crippen molar-refractivity contribution in [1.29, 1.82) is 0 Å². The number of benzene rings is 4. The zero-order chi connectivity index (χ0) is 25.1. The molecular weight excluding hydrogens is 468 g/mol. The number of rotatable bonds is 3. The number of nitrogens with zero attached hydrogens (tertiary/aromatic N) is 2. The molecule has 4 heterocycles. The van der Waals surface area contributed by atoms with E-state index >= 15 is 0 Å². The van der Waals surface area contributed by atoms with Crippen LogP contribution >= 0.6 is 0 Å². The van der Waals surface area contributed by atoms with Gasteiger partial charge in [0.1, 0.15) is 22.3 Å². The molecule has 38 heavy (non-hydrogen) atoms. The monoisotopic (exact) mass is 488 g/mol. The minimum atomic E-state index is 0.841. The fourth-order valence-corrected chi connectivity index (χ4v) is 5.44. The minimum absolute atomic E-state index is 0.841. The van der Waals surface area contributed by atoms with Gasteiger partial charge in [-0.2, -0.15) is 0 Å². The molecule has 0 aliphatic heterocycles. The molecule has 0 amide bonds. The summed E-state index contributed by atoms with van der Waals surface area (Å²) in [6, 6.07) is 33.5. The number of para-hydroxylation sites is 2. The standard InChI is InChI=1S/C34H20N2O2/c1-5-25(22-11-9-21(10-12-22)24-4-3-16-35-19-24)33-28(7-1)29-8-2-6-26(34(29)38-33)23-13-14-27-30-20-36-17-15-31(30)37-32(27)18-23/h1-20H. The number of hydrogen-bond donors (Lipinski definition) is 0. The largest absolute Gasteiger partial charge is 0.456 e. The Kier molecular flexibility index (Phi) is 4.49. The molecule has 0 spiro atoms. The topological polar surface area (TPSA) is 52.1 Å². The van der Waals surface area contributed by atoms with Gasteiger partial charge >= 0.3 is 0 Å². The summed E-state index contributed by atoms with van der Waals surface area (Å²) < 4.78 is 12.8. The van der Waals surface area contributed by atoms with E-state index in [0.717, 1.165) is 77.3 Å². The predicted molar refractivity (Wildman–Crippen MR) is 153 cm³/mol. The van der Waals surface area contributed by atoms with Crippen LogP contribution in [-0.2, 0) is 0 Å². The van der Waals surface area contributed by atoms with Crippen molar-refractivity contribution in [3.63, 3.8) is 0 Å². The summed E-state index contributed by atoms with van der Waals surface area (Å²) in [5.74, 6) is 0. The van der Waals surface area contributed by atoms with Gasteiger partial charge in [-0.15, -0.1) is 0 Å². The lowest BCUT2D eigenvalue weighted by Gasteiger charge is -2.05. The highest BCUT2D eigenvalue weighted by atomic mass is 16.3. The fraction of sp³-hybridized carbons (Fsp3) is 0. The van der Waals surface area contributed by atoms with E-state index < -0.39 is 0 Å². The molecule has 4 heteroatoms. The van der Waals surface area contributed by atoms with E-state index in [-0.39, 0.29) is 0 Å². The van der Waals surface area contributed by atoms with Crippen molar-refractivity contribution in [3.05, 3.63) is 122 Å². The molecule has 0 atom stereocenters. The first kappa shape index (κ1) is 20.9. The Hall–Kier alpha value is -5.22. The highest BCUT2D eigenvalue weighted by Gasteiger charge is 2.17. The first-order chi connectivity index (χ1) is 18.8. The predicted octanol–water partition coefficient (Wildman–Crippen LogP) is 9.28. The summed E-state index contributed by atoms with van der Waals surface area (Å²) in [4.78, 5) is 8.50. The van der Waals surface area contributed by atoms with E-state index in [1.165, 1.54) is 0 Å². The molecule has 0 saturated carbocycles. The molecule has 0 saturated heterocycles. The van der Waals surface area contributed by atoms with E-state index in [1.807, 2.05) is 24.5 Å². The zero-order valence-electron chi connectivity index (χ0n) is 20.3. The molecule has 0 unspecified atom stereocenters. The highest BCUT2D eigenvalue weighted by Crippen LogP contribution is 2.41. The van der Waals surface area contributed by atoms with Crippen LogP contribution in [0.5, 0.6) is 0 Å². The molecule has 0 radical (unpaired) electrons. The Balaban J connectivity index is 1.28. The minimum Gasteiger partial charge on any atom is -0.456 e. The quantitative estimate of drug-likeness (QED) is 0.249. The van der Waals surface area contributed by atoms with Crippen molar-refractivity contribution in [1.82, 2.24) is 9.97 Å². The van der Waals surface area contributed by atoms with Gasteiger partial charge in [-0.1, -0.05) is 72.8 Å². The molecule has 4 nitrogen and oxygen atoms in total. The van der Waals surface area contributed by atoms with E-state index in [2.05, 4.69) is 94.9 Å². The zero-order valence-corrected chi connectivity index (χ0v) is 20.3. The summed E-state index contributed by atoms with van der Waals surface area (Å²) in [5.41, 5.74) is 9.96. The van der Waals surface area contributed by atoms with Gasteiger partial charge in [-0.05, 0) is 46.5 Å². The number of fused-ring (bicyclic) bond motifs is 6. The maximum atomic E-state index is 6.66. The van der Waals surface area contributed by atoms with Crippen LogP contribution in [0.1, 0.15) is 0 Å².